The number of aliphatic hydroxyl groups is 1. The second-order valence-corrected chi connectivity index (χ2v) is 4.49. The van der Waals surface area contributed by atoms with Gasteiger partial charge in [-0.15, -0.1) is 0 Å². The summed E-state index contributed by atoms with van der Waals surface area (Å²) in [5.74, 6) is 0.137. The van der Waals surface area contributed by atoms with Crippen LogP contribution in [0.2, 0.25) is 0 Å². The number of pyridine rings is 1. The van der Waals surface area contributed by atoms with Gasteiger partial charge in [-0.05, 0) is 13.8 Å². The summed E-state index contributed by atoms with van der Waals surface area (Å²) in [7, 11) is 0. The molecule has 0 spiro atoms. The molecule has 1 unspecified atom stereocenters. The molecule has 0 aliphatic carbocycles. The number of nitrogens with zero attached hydrogens (tertiary/aromatic N) is 2. The van der Waals surface area contributed by atoms with Gasteiger partial charge in [0, 0.05) is 41.7 Å². The van der Waals surface area contributed by atoms with E-state index < -0.39 is 0 Å². The van der Waals surface area contributed by atoms with E-state index in [0.717, 1.165) is 5.56 Å². The summed E-state index contributed by atoms with van der Waals surface area (Å²) in [6.07, 6.45) is 5.17. The first kappa shape index (κ1) is 13.5. The Morgan fingerprint density at radius 1 is 1.42 bits per heavy atom. The minimum Gasteiger partial charge on any atom is -0.506 e. The maximum absolute atomic E-state index is 10.0. The number of aryl methyl sites for hydroxylation is 1. The molecular formula is C13H18N4O2. The smallest absolute Gasteiger partial charge is 0.141 e. The molecule has 0 aliphatic heterocycles. The molecular weight excluding hydrogens is 244 g/mol. The van der Waals surface area contributed by atoms with Crippen molar-refractivity contribution in [3.8, 4) is 5.75 Å². The average molecular weight is 262 g/mol. The fraction of sp³-hybridized carbons (Fsp3) is 0.385. The Labute approximate surface area is 111 Å². The molecule has 0 aromatic carbocycles. The normalized spacial score (nSPS) is 12.6. The van der Waals surface area contributed by atoms with E-state index in [-0.39, 0.29) is 18.4 Å². The SMILES string of the molecule is Cc1ncc(CO)c(CNC(C)c2cn[nH]c2)c1O. The monoisotopic (exact) mass is 262 g/mol. The van der Waals surface area contributed by atoms with Gasteiger partial charge in [-0.1, -0.05) is 0 Å². The molecule has 2 aromatic rings. The maximum Gasteiger partial charge on any atom is 0.141 e. The van der Waals surface area contributed by atoms with Gasteiger partial charge < -0.3 is 15.5 Å². The van der Waals surface area contributed by atoms with Crippen molar-refractivity contribution in [3.05, 3.63) is 41.0 Å². The molecule has 1 atom stereocenters. The van der Waals surface area contributed by atoms with E-state index in [1.165, 1.54) is 0 Å². The fourth-order valence-electron chi connectivity index (χ4n) is 1.89. The summed E-state index contributed by atoms with van der Waals surface area (Å²) in [5.41, 5.74) is 2.92. The molecule has 2 heterocycles. The first-order valence-electron chi connectivity index (χ1n) is 6.12. The first-order valence-corrected chi connectivity index (χ1v) is 6.12. The van der Waals surface area contributed by atoms with Crippen molar-refractivity contribution >= 4 is 0 Å². The second kappa shape index (κ2) is 5.81. The zero-order chi connectivity index (χ0) is 13.8. The van der Waals surface area contributed by atoms with Crippen LogP contribution >= 0.6 is 0 Å². The molecule has 4 N–H and O–H groups in total. The van der Waals surface area contributed by atoms with Crippen LogP contribution in [-0.4, -0.2) is 25.4 Å². The average Bonchev–Trinajstić information content (AvgIpc) is 2.94. The number of hydrogen-bond donors (Lipinski definition) is 4. The van der Waals surface area contributed by atoms with Crippen LogP contribution in [0.5, 0.6) is 5.75 Å². The number of aromatic hydroxyl groups is 1. The van der Waals surface area contributed by atoms with Crippen molar-refractivity contribution in [1.29, 1.82) is 0 Å². The number of aromatic amines is 1. The van der Waals surface area contributed by atoms with Crippen molar-refractivity contribution in [2.24, 2.45) is 0 Å². The van der Waals surface area contributed by atoms with E-state index in [2.05, 4.69) is 20.5 Å². The highest BCUT2D eigenvalue weighted by Gasteiger charge is 2.13. The Kier molecular flexibility index (Phi) is 4.13. The number of hydrogen-bond acceptors (Lipinski definition) is 5. The van der Waals surface area contributed by atoms with Crippen LogP contribution < -0.4 is 5.32 Å². The third-order valence-electron chi connectivity index (χ3n) is 3.20. The molecule has 0 amide bonds. The lowest BCUT2D eigenvalue weighted by atomic mass is 10.1. The van der Waals surface area contributed by atoms with Gasteiger partial charge in [-0.2, -0.15) is 5.10 Å². The topological polar surface area (TPSA) is 94.1 Å². The lowest BCUT2D eigenvalue weighted by Gasteiger charge is -2.15. The molecule has 0 radical (unpaired) electrons. The summed E-state index contributed by atoms with van der Waals surface area (Å²) < 4.78 is 0. The number of aromatic nitrogens is 3. The number of nitrogens with one attached hydrogen (secondary N) is 2. The Morgan fingerprint density at radius 2 is 2.21 bits per heavy atom. The van der Waals surface area contributed by atoms with E-state index in [9.17, 15) is 10.2 Å². The van der Waals surface area contributed by atoms with Crippen molar-refractivity contribution in [3.63, 3.8) is 0 Å². The van der Waals surface area contributed by atoms with E-state index in [1.54, 1.807) is 19.3 Å². The minimum atomic E-state index is -0.141. The van der Waals surface area contributed by atoms with Gasteiger partial charge in [0.2, 0.25) is 0 Å². The van der Waals surface area contributed by atoms with Crippen molar-refractivity contribution in [2.45, 2.75) is 33.0 Å². The second-order valence-electron chi connectivity index (χ2n) is 4.49. The summed E-state index contributed by atoms with van der Waals surface area (Å²) in [6, 6.07) is 0.0955. The quantitative estimate of drug-likeness (QED) is 0.649. The van der Waals surface area contributed by atoms with Crippen LogP contribution in [0.3, 0.4) is 0 Å². The minimum absolute atomic E-state index is 0.0955. The highest BCUT2D eigenvalue weighted by molar-refractivity contribution is 5.40. The van der Waals surface area contributed by atoms with Crippen molar-refractivity contribution < 1.29 is 10.2 Å². The number of aliphatic hydroxyl groups excluding tert-OH is 1. The van der Waals surface area contributed by atoms with Crippen LogP contribution in [0, 0.1) is 6.92 Å². The molecule has 6 heteroatoms. The van der Waals surface area contributed by atoms with Gasteiger partial charge in [0.1, 0.15) is 5.75 Å². The fourth-order valence-corrected chi connectivity index (χ4v) is 1.89. The van der Waals surface area contributed by atoms with E-state index in [0.29, 0.717) is 23.4 Å². The first-order chi connectivity index (χ1) is 9.13. The molecule has 0 saturated carbocycles. The highest BCUT2D eigenvalue weighted by atomic mass is 16.3. The van der Waals surface area contributed by atoms with Gasteiger partial charge in [0.05, 0.1) is 18.5 Å². The lowest BCUT2D eigenvalue weighted by Crippen LogP contribution is -2.19. The van der Waals surface area contributed by atoms with Crippen LogP contribution in [0.1, 0.15) is 35.3 Å². The molecule has 0 aliphatic rings. The molecule has 102 valence electrons. The zero-order valence-electron chi connectivity index (χ0n) is 11.0. The Hall–Kier alpha value is -1.92. The molecule has 19 heavy (non-hydrogen) atoms. The number of rotatable bonds is 5. The van der Waals surface area contributed by atoms with Gasteiger partial charge >= 0.3 is 0 Å². The van der Waals surface area contributed by atoms with Crippen LogP contribution in [-0.2, 0) is 13.2 Å². The van der Waals surface area contributed by atoms with Crippen LogP contribution in [0.15, 0.2) is 18.6 Å². The van der Waals surface area contributed by atoms with Gasteiger partial charge in [-0.3, -0.25) is 10.1 Å². The summed E-state index contributed by atoms with van der Waals surface area (Å²) in [5, 5.41) is 29.3. The van der Waals surface area contributed by atoms with E-state index in [4.69, 9.17) is 0 Å². The summed E-state index contributed by atoms with van der Waals surface area (Å²) in [4.78, 5) is 4.03. The molecule has 6 nitrogen and oxygen atoms in total. The molecule has 2 aromatic heterocycles. The number of H-pyrrole nitrogens is 1. The Balaban J connectivity index is 2.13. The standard InChI is InChI=1S/C13H18N4O2/c1-8(10-4-16-17-5-10)15-6-12-11(7-18)3-14-9(2)13(12)19/h3-5,8,15,18-19H,6-7H2,1-2H3,(H,16,17). The molecule has 0 saturated heterocycles. The third-order valence-corrected chi connectivity index (χ3v) is 3.20. The van der Waals surface area contributed by atoms with Gasteiger partial charge in [0.25, 0.3) is 0 Å². The predicted molar refractivity (Wildman–Crippen MR) is 70.4 cm³/mol. The predicted octanol–water partition coefficient (Wildman–Crippen LogP) is 1.16. The highest BCUT2D eigenvalue weighted by Crippen LogP contribution is 2.24. The molecule has 0 fully saturated rings. The lowest BCUT2D eigenvalue weighted by molar-refractivity contribution is 0.278. The summed E-state index contributed by atoms with van der Waals surface area (Å²) >= 11 is 0. The Morgan fingerprint density at radius 3 is 2.84 bits per heavy atom. The molecule has 2 rings (SSSR count). The maximum atomic E-state index is 10.0. The van der Waals surface area contributed by atoms with E-state index >= 15 is 0 Å². The van der Waals surface area contributed by atoms with Gasteiger partial charge in [0.15, 0.2) is 0 Å². The third kappa shape index (κ3) is 2.91. The Bertz CT molecular complexity index is 540. The van der Waals surface area contributed by atoms with Crippen molar-refractivity contribution in [2.75, 3.05) is 0 Å². The summed E-state index contributed by atoms with van der Waals surface area (Å²) in [6.45, 7) is 4.06. The van der Waals surface area contributed by atoms with E-state index in [1.807, 2.05) is 13.1 Å². The van der Waals surface area contributed by atoms with Crippen LogP contribution in [0.4, 0.5) is 0 Å². The van der Waals surface area contributed by atoms with Crippen LogP contribution in [0.25, 0.3) is 0 Å². The van der Waals surface area contributed by atoms with Crippen molar-refractivity contribution in [1.82, 2.24) is 20.5 Å². The largest absolute Gasteiger partial charge is 0.506 e. The zero-order valence-corrected chi connectivity index (χ0v) is 11.0. The van der Waals surface area contributed by atoms with Gasteiger partial charge in [-0.25, -0.2) is 0 Å². The molecule has 0 bridgehead atoms.